The molecule has 0 unspecified atom stereocenters. The molecule has 0 bridgehead atoms. The molecular formula is C15H17N3O. The summed E-state index contributed by atoms with van der Waals surface area (Å²) >= 11 is 0. The molecule has 0 saturated heterocycles. The van der Waals surface area contributed by atoms with Crippen LogP contribution < -0.4 is 16.0 Å². The molecule has 0 radical (unpaired) electrons. The van der Waals surface area contributed by atoms with Gasteiger partial charge in [0.05, 0.1) is 16.9 Å². The fourth-order valence-electron chi connectivity index (χ4n) is 1.86. The van der Waals surface area contributed by atoms with Crippen LogP contribution in [0.4, 0.5) is 17.1 Å². The Kier molecular flexibility index (Phi) is 3.71. The zero-order chi connectivity index (χ0) is 13.8. The fraction of sp³-hybridized carbons (Fsp3) is 0.133. The van der Waals surface area contributed by atoms with Crippen LogP contribution in [0.5, 0.6) is 0 Å². The van der Waals surface area contributed by atoms with Crippen molar-refractivity contribution in [3.05, 3.63) is 54.1 Å². The highest BCUT2D eigenvalue weighted by Gasteiger charge is 2.13. The van der Waals surface area contributed by atoms with E-state index in [4.69, 9.17) is 5.73 Å². The Hall–Kier alpha value is -2.49. The first-order valence-electron chi connectivity index (χ1n) is 6.02. The predicted molar refractivity (Wildman–Crippen MR) is 79.6 cm³/mol. The molecule has 0 aliphatic carbocycles. The van der Waals surface area contributed by atoms with Crippen molar-refractivity contribution in [2.45, 2.75) is 0 Å². The van der Waals surface area contributed by atoms with E-state index in [-0.39, 0.29) is 5.91 Å². The Bertz CT molecular complexity index is 593. The summed E-state index contributed by atoms with van der Waals surface area (Å²) in [7, 11) is 3.81. The van der Waals surface area contributed by atoms with Gasteiger partial charge in [-0.3, -0.25) is 4.79 Å². The summed E-state index contributed by atoms with van der Waals surface area (Å²) in [4.78, 5) is 14.2. The third kappa shape index (κ3) is 2.85. The lowest BCUT2D eigenvalue weighted by molar-refractivity contribution is 0.102. The van der Waals surface area contributed by atoms with Crippen LogP contribution in [-0.4, -0.2) is 20.0 Å². The molecule has 0 saturated carbocycles. The summed E-state index contributed by atoms with van der Waals surface area (Å²) in [5, 5.41) is 2.83. The van der Waals surface area contributed by atoms with Gasteiger partial charge in [-0.1, -0.05) is 24.3 Å². The minimum atomic E-state index is -0.165. The van der Waals surface area contributed by atoms with Crippen molar-refractivity contribution in [2.24, 2.45) is 0 Å². The Labute approximate surface area is 112 Å². The smallest absolute Gasteiger partial charge is 0.257 e. The Morgan fingerprint density at radius 1 is 1.05 bits per heavy atom. The van der Waals surface area contributed by atoms with E-state index < -0.39 is 0 Å². The SMILES string of the molecule is CN(C)c1ccccc1C(=O)Nc1ccccc1N. The lowest BCUT2D eigenvalue weighted by Crippen LogP contribution is -2.18. The van der Waals surface area contributed by atoms with Gasteiger partial charge in [0.15, 0.2) is 0 Å². The number of para-hydroxylation sites is 3. The molecule has 0 aliphatic heterocycles. The second-order valence-corrected chi connectivity index (χ2v) is 4.45. The fourth-order valence-corrected chi connectivity index (χ4v) is 1.86. The van der Waals surface area contributed by atoms with Gasteiger partial charge in [0.2, 0.25) is 0 Å². The quantitative estimate of drug-likeness (QED) is 0.829. The van der Waals surface area contributed by atoms with Crippen LogP contribution in [0.3, 0.4) is 0 Å². The number of amides is 1. The van der Waals surface area contributed by atoms with Gasteiger partial charge in [-0.25, -0.2) is 0 Å². The largest absolute Gasteiger partial charge is 0.397 e. The number of carbonyl (C=O) groups excluding carboxylic acids is 1. The summed E-state index contributed by atoms with van der Waals surface area (Å²) in [6.45, 7) is 0. The number of nitrogen functional groups attached to an aromatic ring is 1. The minimum Gasteiger partial charge on any atom is -0.397 e. The highest BCUT2D eigenvalue weighted by atomic mass is 16.1. The van der Waals surface area contributed by atoms with E-state index in [1.54, 1.807) is 18.2 Å². The first-order chi connectivity index (χ1) is 9.09. The van der Waals surface area contributed by atoms with E-state index in [0.29, 0.717) is 16.9 Å². The van der Waals surface area contributed by atoms with Crippen LogP contribution in [0, 0.1) is 0 Å². The van der Waals surface area contributed by atoms with E-state index in [1.165, 1.54) is 0 Å². The van der Waals surface area contributed by atoms with Crippen molar-refractivity contribution < 1.29 is 4.79 Å². The third-order valence-corrected chi connectivity index (χ3v) is 2.84. The van der Waals surface area contributed by atoms with Gasteiger partial charge in [-0.2, -0.15) is 0 Å². The average molecular weight is 255 g/mol. The number of anilines is 3. The number of hydrogen-bond donors (Lipinski definition) is 2. The highest BCUT2D eigenvalue weighted by molar-refractivity contribution is 6.09. The minimum absolute atomic E-state index is 0.165. The van der Waals surface area contributed by atoms with E-state index in [2.05, 4.69) is 5.32 Å². The maximum atomic E-state index is 12.3. The van der Waals surface area contributed by atoms with Crippen LogP contribution in [0.25, 0.3) is 0 Å². The molecular weight excluding hydrogens is 238 g/mol. The molecule has 2 aromatic rings. The third-order valence-electron chi connectivity index (χ3n) is 2.84. The summed E-state index contributed by atoms with van der Waals surface area (Å²) in [6, 6.07) is 14.7. The van der Waals surface area contributed by atoms with Gasteiger partial charge in [0.25, 0.3) is 5.91 Å². The van der Waals surface area contributed by atoms with Crippen molar-refractivity contribution in [3.8, 4) is 0 Å². The molecule has 1 amide bonds. The zero-order valence-corrected chi connectivity index (χ0v) is 11.1. The Morgan fingerprint density at radius 3 is 2.37 bits per heavy atom. The van der Waals surface area contributed by atoms with Gasteiger partial charge < -0.3 is 16.0 Å². The predicted octanol–water partition coefficient (Wildman–Crippen LogP) is 2.59. The van der Waals surface area contributed by atoms with Gasteiger partial charge >= 0.3 is 0 Å². The van der Waals surface area contributed by atoms with Crippen molar-refractivity contribution in [3.63, 3.8) is 0 Å². The Morgan fingerprint density at radius 2 is 1.68 bits per heavy atom. The van der Waals surface area contributed by atoms with Gasteiger partial charge in [0, 0.05) is 19.8 Å². The normalized spacial score (nSPS) is 10.0. The van der Waals surface area contributed by atoms with Crippen molar-refractivity contribution >= 4 is 23.0 Å². The average Bonchev–Trinajstić information content (AvgIpc) is 2.41. The summed E-state index contributed by atoms with van der Waals surface area (Å²) in [6.07, 6.45) is 0. The monoisotopic (exact) mass is 255 g/mol. The number of benzene rings is 2. The molecule has 4 heteroatoms. The maximum absolute atomic E-state index is 12.3. The number of hydrogen-bond acceptors (Lipinski definition) is 3. The summed E-state index contributed by atoms with van der Waals surface area (Å²) < 4.78 is 0. The van der Waals surface area contributed by atoms with Crippen LogP contribution in [0.1, 0.15) is 10.4 Å². The standard InChI is InChI=1S/C15H17N3O/c1-18(2)14-10-6-3-7-11(14)15(19)17-13-9-5-4-8-12(13)16/h3-10H,16H2,1-2H3,(H,17,19). The second kappa shape index (κ2) is 5.44. The van der Waals surface area contributed by atoms with Crippen molar-refractivity contribution in [2.75, 3.05) is 30.0 Å². The van der Waals surface area contributed by atoms with E-state index in [1.807, 2.05) is 49.3 Å². The number of nitrogens with zero attached hydrogens (tertiary/aromatic N) is 1. The van der Waals surface area contributed by atoms with E-state index >= 15 is 0 Å². The first-order valence-corrected chi connectivity index (χ1v) is 6.02. The lowest BCUT2D eigenvalue weighted by Gasteiger charge is -2.17. The molecule has 0 fully saturated rings. The van der Waals surface area contributed by atoms with Gasteiger partial charge in [0.1, 0.15) is 0 Å². The maximum Gasteiger partial charge on any atom is 0.257 e. The second-order valence-electron chi connectivity index (χ2n) is 4.45. The van der Waals surface area contributed by atoms with Crippen LogP contribution in [-0.2, 0) is 0 Å². The van der Waals surface area contributed by atoms with Crippen molar-refractivity contribution in [1.82, 2.24) is 0 Å². The Balaban J connectivity index is 2.29. The molecule has 0 atom stereocenters. The molecule has 2 rings (SSSR count). The van der Waals surface area contributed by atoms with Gasteiger partial charge in [-0.15, -0.1) is 0 Å². The molecule has 0 aliphatic rings. The molecule has 4 nitrogen and oxygen atoms in total. The summed E-state index contributed by atoms with van der Waals surface area (Å²) in [5.41, 5.74) is 8.49. The molecule has 2 aromatic carbocycles. The van der Waals surface area contributed by atoms with E-state index in [9.17, 15) is 4.79 Å². The molecule has 0 heterocycles. The zero-order valence-electron chi connectivity index (χ0n) is 11.1. The van der Waals surface area contributed by atoms with Gasteiger partial charge in [-0.05, 0) is 24.3 Å². The summed E-state index contributed by atoms with van der Waals surface area (Å²) in [5.74, 6) is -0.165. The first kappa shape index (κ1) is 13.0. The number of carbonyl (C=O) groups is 1. The van der Waals surface area contributed by atoms with Crippen molar-refractivity contribution in [1.29, 1.82) is 0 Å². The van der Waals surface area contributed by atoms with E-state index in [0.717, 1.165) is 5.69 Å². The molecule has 98 valence electrons. The lowest BCUT2D eigenvalue weighted by atomic mass is 10.1. The molecule has 3 N–H and O–H groups in total. The number of nitrogens with one attached hydrogen (secondary N) is 1. The topological polar surface area (TPSA) is 58.4 Å². The number of nitrogens with two attached hydrogens (primary N) is 1. The molecule has 0 aromatic heterocycles. The van der Waals surface area contributed by atoms with Crippen LogP contribution in [0.15, 0.2) is 48.5 Å². The van der Waals surface area contributed by atoms with Crippen LogP contribution >= 0.6 is 0 Å². The highest BCUT2D eigenvalue weighted by Crippen LogP contribution is 2.22. The number of rotatable bonds is 3. The molecule has 0 spiro atoms. The van der Waals surface area contributed by atoms with Crippen LogP contribution in [0.2, 0.25) is 0 Å². The molecule has 19 heavy (non-hydrogen) atoms.